The second-order valence-corrected chi connectivity index (χ2v) is 5.33. The zero-order valence-corrected chi connectivity index (χ0v) is 14.6. The molecule has 0 aromatic heterocycles. The summed E-state index contributed by atoms with van der Waals surface area (Å²) in [6.07, 6.45) is 0. The van der Waals surface area contributed by atoms with Gasteiger partial charge in [0, 0.05) is 12.6 Å². The van der Waals surface area contributed by atoms with Crippen LogP contribution < -0.4 is 14.2 Å². The highest BCUT2D eigenvalue weighted by Gasteiger charge is 2.15. The van der Waals surface area contributed by atoms with E-state index < -0.39 is 0 Å². The van der Waals surface area contributed by atoms with Crippen molar-refractivity contribution in [3.8, 4) is 17.2 Å². The molecule has 0 aliphatic heterocycles. The minimum Gasteiger partial charge on any atom is -0.493 e. The van der Waals surface area contributed by atoms with Gasteiger partial charge in [0.2, 0.25) is 0 Å². The van der Waals surface area contributed by atoms with E-state index in [1.54, 1.807) is 42.3 Å². The normalized spacial score (nSPS) is 10.2. The Morgan fingerprint density at radius 2 is 1.80 bits per heavy atom. The summed E-state index contributed by atoms with van der Waals surface area (Å²) >= 11 is 0. The summed E-state index contributed by atoms with van der Waals surface area (Å²) < 4.78 is 29.1. The fraction of sp³-hybridized carbons (Fsp3) is 0.316. The van der Waals surface area contributed by atoms with E-state index in [4.69, 9.17) is 14.2 Å². The van der Waals surface area contributed by atoms with Crippen LogP contribution in [0, 0.1) is 5.82 Å². The van der Waals surface area contributed by atoms with Gasteiger partial charge >= 0.3 is 0 Å². The van der Waals surface area contributed by atoms with Gasteiger partial charge in [0.25, 0.3) is 5.91 Å². The molecule has 5 nitrogen and oxygen atoms in total. The lowest BCUT2D eigenvalue weighted by atomic mass is 10.1. The van der Waals surface area contributed by atoms with Crippen LogP contribution in [0.2, 0.25) is 0 Å². The second kappa shape index (κ2) is 8.92. The van der Waals surface area contributed by atoms with Gasteiger partial charge in [0.1, 0.15) is 18.2 Å². The lowest BCUT2D eigenvalue weighted by Crippen LogP contribution is -2.30. The molecule has 134 valence electrons. The van der Waals surface area contributed by atoms with Gasteiger partial charge in [-0.1, -0.05) is 0 Å². The Morgan fingerprint density at radius 1 is 1.08 bits per heavy atom. The van der Waals surface area contributed by atoms with Gasteiger partial charge in [0.05, 0.1) is 20.3 Å². The van der Waals surface area contributed by atoms with E-state index >= 15 is 0 Å². The van der Waals surface area contributed by atoms with Crippen molar-refractivity contribution < 1.29 is 23.4 Å². The molecule has 2 aromatic carbocycles. The van der Waals surface area contributed by atoms with Crippen LogP contribution in [-0.4, -0.2) is 44.7 Å². The number of methoxy groups -OCH3 is 1. The largest absolute Gasteiger partial charge is 0.493 e. The summed E-state index contributed by atoms with van der Waals surface area (Å²) in [6.45, 7) is 3.10. The first-order chi connectivity index (χ1) is 12.0. The molecule has 0 heterocycles. The summed E-state index contributed by atoms with van der Waals surface area (Å²) in [5.74, 6) is 1.21. The van der Waals surface area contributed by atoms with Crippen molar-refractivity contribution in [3.05, 3.63) is 53.8 Å². The van der Waals surface area contributed by atoms with Crippen LogP contribution in [0.3, 0.4) is 0 Å². The SMILES string of the molecule is CCOc1ccc(C(=O)N(C)CCOc2ccc(F)cc2)cc1OC. The molecular weight excluding hydrogens is 325 g/mol. The molecule has 2 aromatic rings. The molecule has 0 saturated heterocycles. The first kappa shape index (κ1) is 18.6. The second-order valence-electron chi connectivity index (χ2n) is 5.33. The Bertz CT molecular complexity index is 703. The molecule has 0 unspecified atom stereocenters. The molecule has 0 bridgehead atoms. The maximum atomic E-state index is 12.8. The molecule has 0 fully saturated rings. The van der Waals surface area contributed by atoms with E-state index in [9.17, 15) is 9.18 Å². The van der Waals surface area contributed by atoms with Crippen LogP contribution >= 0.6 is 0 Å². The number of halogens is 1. The minimum absolute atomic E-state index is 0.149. The van der Waals surface area contributed by atoms with E-state index in [0.29, 0.717) is 42.6 Å². The van der Waals surface area contributed by atoms with Crippen molar-refractivity contribution in [3.63, 3.8) is 0 Å². The number of benzene rings is 2. The maximum Gasteiger partial charge on any atom is 0.253 e. The predicted octanol–water partition coefficient (Wildman–Crippen LogP) is 3.38. The van der Waals surface area contributed by atoms with Crippen LogP contribution in [0.5, 0.6) is 17.2 Å². The molecule has 0 aliphatic carbocycles. The molecule has 2 rings (SSSR count). The molecule has 1 amide bonds. The van der Waals surface area contributed by atoms with E-state index in [2.05, 4.69) is 0 Å². The molecule has 0 radical (unpaired) electrons. The molecule has 25 heavy (non-hydrogen) atoms. The van der Waals surface area contributed by atoms with Gasteiger partial charge in [-0.3, -0.25) is 4.79 Å². The fourth-order valence-corrected chi connectivity index (χ4v) is 2.23. The molecule has 0 N–H and O–H groups in total. The van der Waals surface area contributed by atoms with Crippen molar-refractivity contribution in [2.24, 2.45) is 0 Å². The standard InChI is InChI=1S/C19H22FNO4/c1-4-24-17-10-5-14(13-18(17)23-3)19(22)21(2)11-12-25-16-8-6-15(20)7-9-16/h5-10,13H,4,11-12H2,1-3H3. The number of carbonyl (C=O) groups excluding carboxylic acids is 1. The first-order valence-corrected chi connectivity index (χ1v) is 7.99. The van der Waals surface area contributed by atoms with Crippen LogP contribution in [0.25, 0.3) is 0 Å². The van der Waals surface area contributed by atoms with Crippen molar-refractivity contribution in [2.75, 3.05) is 33.9 Å². The summed E-state index contributed by atoms with van der Waals surface area (Å²) in [5, 5.41) is 0. The third kappa shape index (κ3) is 5.11. The van der Waals surface area contributed by atoms with E-state index in [0.717, 1.165) is 0 Å². The Balaban J connectivity index is 1.93. The van der Waals surface area contributed by atoms with E-state index in [-0.39, 0.29) is 11.7 Å². The Kier molecular flexibility index (Phi) is 6.62. The van der Waals surface area contributed by atoms with Crippen LogP contribution in [0.4, 0.5) is 4.39 Å². The topological polar surface area (TPSA) is 48.0 Å². The average Bonchev–Trinajstić information content (AvgIpc) is 2.63. The maximum absolute atomic E-state index is 12.8. The van der Waals surface area contributed by atoms with Gasteiger partial charge in [-0.2, -0.15) is 0 Å². The fourth-order valence-electron chi connectivity index (χ4n) is 2.23. The van der Waals surface area contributed by atoms with Gasteiger partial charge in [-0.15, -0.1) is 0 Å². The van der Waals surface area contributed by atoms with Crippen molar-refractivity contribution in [1.29, 1.82) is 0 Å². The Hall–Kier alpha value is -2.76. The monoisotopic (exact) mass is 347 g/mol. The van der Waals surface area contributed by atoms with Crippen molar-refractivity contribution >= 4 is 5.91 Å². The molecule has 0 saturated carbocycles. The number of hydrogen-bond acceptors (Lipinski definition) is 4. The Labute approximate surface area is 146 Å². The Morgan fingerprint density at radius 3 is 2.44 bits per heavy atom. The van der Waals surface area contributed by atoms with Crippen LogP contribution in [0.1, 0.15) is 17.3 Å². The minimum atomic E-state index is -0.316. The van der Waals surface area contributed by atoms with Crippen LogP contribution in [-0.2, 0) is 0 Å². The molecular formula is C19H22FNO4. The predicted molar refractivity (Wildman–Crippen MR) is 93.0 cm³/mol. The highest BCUT2D eigenvalue weighted by Crippen LogP contribution is 2.28. The van der Waals surface area contributed by atoms with Gasteiger partial charge < -0.3 is 19.1 Å². The molecule has 6 heteroatoms. The summed E-state index contributed by atoms with van der Waals surface area (Å²) in [4.78, 5) is 14.0. The summed E-state index contributed by atoms with van der Waals surface area (Å²) in [7, 11) is 3.23. The lowest BCUT2D eigenvalue weighted by Gasteiger charge is -2.18. The number of rotatable bonds is 8. The number of nitrogens with zero attached hydrogens (tertiary/aromatic N) is 1. The van der Waals surface area contributed by atoms with Crippen LogP contribution in [0.15, 0.2) is 42.5 Å². The molecule has 0 atom stereocenters. The van der Waals surface area contributed by atoms with E-state index in [1.165, 1.54) is 19.2 Å². The number of ether oxygens (including phenoxy) is 3. The average molecular weight is 347 g/mol. The quantitative estimate of drug-likeness (QED) is 0.734. The summed E-state index contributed by atoms with van der Waals surface area (Å²) in [5.41, 5.74) is 0.504. The van der Waals surface area contributed by atoms with Gasteiger partial charge in [-0.05, 0) is 49.4 Å². The van der Waals surface area contributed by atoms with Crippen molar-refractivity contribution in [1.82, 2.24) is 4.90 Å². The highest BCUT2D eigenvalue weighted by atomic mass is 19.1. The highest BCUT2D eigenvalue weighted by molar-refractivity contribution is 5.94. The van der Waals surface area contributed by atoms with Gasteiger partial charge in [-0.25, -0.2) is 4.39 Å². The van der Waals surface area contributed by atoms with E-state index in [1.807, 2.05) is 6.92 Å². The lowest BCUT2D eigenvalue weighted by molar-refractivity contribution is 0.0773. The molecule has 0 spiro atoms. The number of carbonyl (C=O) groups is 1. The smallest absolute Gasteiger partial charge is 0.253 e. The number of hydrogen-bond donors (Lipinski definition) is 0. The van der Waals surface area contributed by atoms with Crippen molar-refractivity contribution in [2.45, 2.75) is 6.92 Å². The summed E-state index contributed by atoms with van der Waals surface area (Å²) in [6, 6.07) is 10.8. The third-order valence-electron chi connectivity index (χ3n) is 3.57. The van der Waals surface area contributed by atoms with Gasteiger partial charge in [0.15, 0.2) is 11.5 Å². The first-order valence-electron chi connectivity index (χ1n) is 7.99. The third-order valence-corrected chi connectivity index (χ3v) is 3.57. The zero-order valence-electron chi connectivity index (χ0n) is 14.6. The zero-order chi connectivity index (χ0) is 18.2. The number of amides is 1. The molecule has 0 aliphatic rings. The number of likely N-dealkylation sites (N-methyl/N-ethyl adjacent to an activating group) is 1.